The highest BCUT2D eigenvalue weighted by molar-refractivity contribution is 7.80. The zero-order valence-corrected chi connectivity index (χ0v) is 17.6. The Bertz CT molecular complexity index is 748. The van der Waals surface area contributed by atoms with Crippen molar-refractivity contribution < 1.29 is 0 Å². The number of hydrogen-bond donors (Lipinski definition) is 2. The summed E-state index contributed by atoms with van der Waals surface area (Å²) in [5.41, 5.74) is 8.52. The Morgan fingerprint density at radius 2 is 1.74 bits per heavy atom. The van der Waals surface area contributed by atoms with Crippen molar-refractivity contribution in [1.29, 1.82) is 0 Å². The van der Waals surface area contributed by atoms with E-state index < -0.39 is 0 Å². The molecule has 0 atom stereocenters. The second kappa shape index (κ2) is 10.7. The Labute approximate surface area is 168 Å². The molecule has 0 unspecified atom stereocenters. The lowest BCUT2D eigenvalue weighted by Gasteiger charge is -2.22. The maximum atomic E-state index is 5.34. The molecule has 0 aliphatic carbocycles. The fraction of sp³-hybridized carbons (Fsp3) is 0.364. The van der Waals surface area contributed by atoms with E-state index in [9.17, 15) is 0 Å². The van der Waals surface area contributed by atoms with Crippen LogP contribution in [0.25, 0.3) is 0 Å². The van der Waals surface area contributed by atoms with Crippen LogP contribution in [-0.4, -0.2) is 24.4 Å². The van der Waals surface area contributed by atoms with Crippen LogP contribution >= 0.6 is 12.2 Å². The van der Waals surface area contributed by atoms with Crippen molar-refractivity contribution in [3.63, 3.8) is 0 Å². The largest absolute Gasteiger partial charge is 0.372 e. The van der Waals surface area contributed by atoms with Gasteiger partial charge in [0.15, 0.2) is 5.11 Å². The Kier molecular flexibility index (Phi) is 8.27. The molecular formula is C22H30N4S. The molecule has 0 saturated carbocycles. The van der Waals surface area contributed by atoms with Crippen LogP contribution in [0.2, 0.25) is 0 Å². The van der Waals surface area contributed by atoms with Gasteiger partial charge in [0.2, 0.25) is 0 Å². The summed E-state index contributed by atoms with van der Waals surface area (Å²) in [7, 11) is 0. The van der Waals surface area contributed by atoms with Crippen LogP contribution in [0.15, 0.2) is 47.6 Å². The molecule has 5 heteroatoms. The first kappa shape index (κ1) is 20.9. The van der Waals surface area contributed by atoms with Gasteiger partial charge in [0.1, 0.15) is 0 Å². The van der Waals surface area contributed by atoms with Gasteiger partial charge in [-0.15, -0.1) is 0 Å². The molecule has 0 fully saturated rings. The lowest BCUT2D eigenvalue weighted by Crippen LogP contribution is -2.24. The van der Waals surface area contributed by atoms with Crippen LogP contribution in [0, 0.1) is 13.8 Å². The fourth-order valence-corrected chi connectivity index (χ4v) is 3.06. The van der Waals surface area contributed by atoms with Gasteiger partial charge in [0, 0.05) is 24.5 Å². The zero-order chi connectivity index (χ0) is 19.6. The first-order valence-electron chi connectivity index (χ1n) is 9.56. The highest BCUT2D eigenvalue weighted by Gasteiger charge is 2.04. The van der Waals surface area contributed by atoms with Gasteiger partial charge in [-0.3, -0.25) is 5.43 Å². The number of nitrogens with zero attached hydrogens (tertiary/aromatic N) is 2. The lowest BCUT2D eigenvalue weighted by atomic mass is 10.1. The molecule has 27 heavy (non-hydrogen) atoms. The third-order valence-electron chi connectivity index (χ3n) is 4.52. The third kappa shape index (κ3) is 6.36. The van der Waals surface area contributed by atoms with Gasteiger partial charge in [0.25, 0.3) is 0 Å². The van der Waals surface area contributed by atoms with Gasteiger partial charge in [-0.05, 0) is 68.2 Å². The summed E-state index contributed by atoms with van der Waals surface area (Å²) < 4.78 is 0. The van der Waals surface area contributed by atoms with E-state index in [1.165, 1.54) is 18.5 Å². The van der Waals surface area contributed by atoms with E-state index in [0.29, 0.717) is 5.11 Å². The predicted octanol–water partition coefficient (Wildman–Crippen LogP) is 5.25. The van der Waals surface area contributed by atoms with Crippen LogP contribution < -0.4 is 15.6 Å². The van der Waals surface area contributed by atoms with Crippen molar-refractivity contribution in [1.82, 2.24) is 5.43 Å². The molecule has 2 aromatic carbocycles. The fourth-order valence-electron chi connectivity index (χ4n) is 2.91. The maximum absolute atomic E-state index is 5.34. The molecular weight excluding hydrogens is 352 g/mol. The summed E-state index contributed by atoms with van der Waals surface area (Å²) in [6.07, 6.45) is 4.21. The van der Waals surface area contributed by atoms with Gasteiger partial charge in [0.05, 0.1) is 6.21 Å². The minimum absolute atomic E-state index is 0.483. The number of nitrogens with one attached hydrogen (secondary N) is 2. The Morgan fingerprint density at radius 1 is 1.07 bits per heavy atom. The second-order valence-corrected chi connectivity index (χ2v) is 7.02. The molecule has 2 rings (SSSR count). The average Bonchev–Trinajstić information content (AvgIpc) is 2.66. The predicted molar refractivity (Wildman–Crippen MR) is 122 cm³/mol. The van der Waals surface area contributed by atoms with Crippen LogP contribution in [-0.2, 0) is 0 Å². The number of unbranched alkanes of at least 4 members (excludes halogenated alkanes) is 1. The number of hydrogen-bond acceptors (Lipinski definition) is 3. The molecule has 0 aliphatic heterocycles. The van der Waals surface area contributed by atoms with Crippen molar-refractivity contribution >= 4 is 34.9 Å². The highest BCUT2D eigenvalue weighted by Crippen LogP contribution is 2.19. The van der Waals surface area contributed by atoms with Gasteiger partial charge < -0.3 is 10.2 Å². The minimum Gasteiger partial charge on any atom is -0.372 e. The van der Waals surface area contributed by atoms with Gasteiger partial charge in [-0.2, -0.15) is 5.10 Å². The molecule has 0 spiro atoms. The smallest absolute Gasteiger partial charge is 0.191 e. The summed E-state index contributed by atoms with van der Waals surface area (Å²) in [6.45, 7) is 10.7. The van der Waals surface area contributed by atoms with E-state index in [0.717, 1.165) is 35.5 Å². The normalized spacial score (nSPS) is 10.8. The van der Waals surface area contributed by atoms with E-state index in [1.54, 1.807) is 6.21 Å². The van der Waals surface area contributed by atoms with E-state index in [1.807, 2.05) is 6.07 Å². The number of para-hydroxylation sites is 1. The summed E-state index contributed by atoms with van der Waals surface area (Å²) in [4.78, 5) is 2.40. The van der Waals surface area contributed by atoms with E-state index in [2.05, 4.69) is 84.8 Å². The number of hydrazone groups is 1. The Morgan fingerprint density at radius 3 is 2.33 bits per heavy atom. The van der Waals surface area contributed by atoms with Crippen LogP contribution in [0.5, 0.6) is 0 Å². The standard InChI is InChI=1S/C22H30N4S/c1-5-7-15-26(6-2)20-13-11-19(12-14-20)16-23-25-22(27)24-21-17(3)9-8-10-18(21)4/h8-14,16H,5-7,15H2,1-4H3,(H2,24,25,27)/b23-16-. The topological polar surface area (TPSA) is 39.7 Å². The molecule has 0 aliphatic rings. The third-order valence-corrected chi connectivity index (χ3v) is 4.71. The summed E-state index contributed by atoms with van der Waals surface area (Å²) in [5.74, 6) is 0. The first-order chi connectivity index (χ1) is 13.0. The van der Waals surface area contributed by atoms with Crippen molar-refractivity contribution in [2.75, 3.05) is 23.3 Å². The number of rotatable bonds is 8. The van der Waals surface area contributed by atoms with E-state index in [-0.39, 0.29) is 0 Å². The van der Waals surface area contributed by atoms with E-state index in [4.69, 9.17) is 12.2 Å². The molecule has 0 saturated heterocycles. The van der Waals surface area contributed by atoms with Gasteiger partial charge in [-0.25, -0.2) is 0 Å². The average molecular weight is 383 g/mol. The van der Waals surface area contributed by atoms with Crippen molar-refractivity contribution in [3.05, 3.63) is 59.2 Å². The molecule has 2 aromatic rings. The van der Waals surface area contributed by atoms with Crippen LogP contribution in [0.3, 0.4) is 0 Å². The van der Waals surface area contributed by atoms with Gasteiger partial charge >= 0.3 is 0 Å². The number of thiocarbonyl (C=S) groups is 1. The number of aryl methyl sites for hydroxylation is 2. The number of anilines is 2. The molecule has 2 N–H and O–H groups in total. The zero-order valence-electron chi connectivity index (χ0n) is 16.7. The van der Waals surface area contributed by atoms with E-state index >= 15 is 0 Å². The second-order valence-electron chi connectivity index (χ2n) is 6.62. The lowest BCUT2D eigenvalue weighted by molar-refractivity contribution is 0.732. The maximum Gasteiger partial charge on any atom is 0.191 e. The monoisotopic (exact) mass is 382 g/mol. The van der Waals surface area contributed by atoms with Crippen molar-refractivity contribution in [2.24, 2.45) is 5.10 Å². The molecule has 0 bridgehead atoms. The van der Waals surface area contributed by atoms with Crippen molar-refractivity contribution in [3.8, 4) is 0 Å². The SMILES string of the molecule is CCCCN(CC)c1ccc(/C=N\NC(=S)Nc2c(C)cccc2C)cc1. The molecule has 0 heterocycles. The number of benzene rings is 2. The Balaban J connectivity index is 1.91. The highest BCUT2D eigenvalue weighted by atomic mass is 32.1. The van der Waals surface area contributed by atoms with Gasteiger partial charge in [-0.1, -0.05) is 43.7 Å². The van der Waals surface area contributed by atoms with Crippen LogP contribution in [0.1, 0.15) is 43.4 Å². The minimum atomic E-state index is 0.483. The molecule has 0 aromatic heterocycles. The quantitative estimate of drug-likeness (QED) is 0.372. The molecule has 144 valence electrons. The van der Waals surface area contributed by atoms with Crippen molar-refractivity contribution in [2.45, 2.75) is 40.5 Å². The summed E-state index contributed by atoms with van der Waals surface area (Å²) in [6, 6.07) is 14.6. The molecule has 4 nitrogen and oxygen atoms in total. The molecule has 0 radical (unpaired) electrons. The Hall–Kier alpha value is -2.40. The molecule has 0 amide bonds. The van der Waals surface area contributed by atoms with Crippen LogP contribution in [0.4, 0.5) is 11.4 Å². The first-order valence-corrected chi connectivity index (χ1v) is 9.97. The summed E-state index contributed by atoms with van der Waals surface area (Å²) in [5, 5.41) is 7.95. The summed E-state index contributed by atoms with van der Waals surface area (Å²) >= 11 is 5.34.